The monoisotopic (exact) mass is 280 g/mol. The van der Waals surface area contributed by atoms with Crippen molar-refractivity contribution in [2.75, 3.05) is 13.2 Å². The summed E-state index contributed by atoms with van der Waals surface area (Å²) < 4.78 is 10.2. The highest BCUT2D eigenvalue weighted by molar-refractivity contribution is 8.07. The Bertz CT molecular complexity index is 275. The second kappa shape index (κ2) is 9.23. The second-order valence-corrected chi connectivity index (χ2v) is 7.31. The maximum Gasteiger partial charge on any atom is 0.324 e. The Morgan fingerprint density at radius 2 is 2.00 bits per heavy atom. The van der Waals surface area contributed by atoms with E-state index in [-0.39, 0.29) is 0 Å². The van der Waals surface area contributed by atoms with E-state index in [4.69, 9.17) is 20.9 Å². The molecule has 0 bridgehead atoms. The van der Waals surface area contributed by atoms with Crippen LogP contribution < -0.4 is 0 Å². The zero-order valence-electron chi connectivity index (χ0n) is 11.3. The van der Waals surface area contributed by atoms with Gasteiger partial charge in [0, 0.05) is 0 Å². The van der Waals surface area contributed by atoms with Gasteiger partial charge in [-0.25, -0.2) is 0 Å². The molecule has 0 aromatic rings. The van der Waals surface area contributed by atoms with Crippen LogP contribution in [0, 0.1) is 5.92 Å². The van der Waals surface area contributed by atoms with Crippen LogP contribution in [0.25, 0.3) is 0 Å². The van der Waals surface area contributed by atoms with Crippen molar-refractivity contribution in [1.29, 1.82) is 0 Å². The van der Waals surface area contributed by atoms with E-state index < -0.39 is 6.72 Å². The van der Waals surface area contributed by atoms with E-state index in [0.717, 1.165) is 19.3 Å². The van der Waals surface area contributed by atoms with Crippen molar-refractivity contribution in [3.05, 3.63) is 11.6 Å². The summed E-state index contributed by atoms with van der Waals surface area (Å²) in [5.41, 5.74) is 1.36. The van der Waals surface area contributed by atoms with Gasteiger partial charge in [0.15, 0.2) is 0 Å². The topological polar surface area (TPSA) is 38.7 Å². The predicted octanol–water partition coefficient (Wildman–Crippen LogP) is 4.03. The molecule has 0 saturated carbocycles. The van der Waals surface area contributed by atoms with Gasteiger partial charge in [0.2, 0.25) is 0 Å². The maximum atomic E-state index is 9.55. The van der Waals surface area contributed by atoms with Crippen LogP contribution in [0.15, 0.2) is 11.6 Å². The molecule has 1 N–H and O–H groups in total. The molecule has 0 saturated heterocycles. The third-order valence-corrected chi connectivity index (χ3v) is 4.10. The van der Waals surface area contributed by atoms with Gasteiger partial charge in [-0.2, -0.15) is 0 Å². The molecule has 0 spiro atoms. The van der Waals surface area contributed by atoms with Gasteiger partial charge in [-0.1, -0.05) is 18.6 Å². The third-order valence-electron chi connectivity index (χ3n) is 2.37. The molecular weight excluding hydrogens is 255 g/mol. The molecular formula is C12H25O3PS. The number of allylic oxidation sites excluding steroid dienone is 2. The Balaban J connectivity index is 3.67. The molecule has 2 unspecified atom stereocenters. The van der Waals surface area contributed by atoms with Crippen LogP contribution >= 0.6 is 6.72 Å². The summed E-state index contributed by atoms with van der Waals surface area (Å²) in [6, 6.07) is 0. The molecule has 0 aliphatic rings. The maximum absolute atomic E-state index is 9.55. The van der Waals surface area contributed by atoms with Gasteiger partial charge in [0.25, 0.3) is 0 Å². The van der Waals surface area contributed by atoms with Crippen molar-refractivity contribution >= 4 is 18.5 Å². The Labute approximate surface area is 110 Å². The first kappa shape index (κ1) is 17.3. The summed E-state index contributed by atoms with van der Waals surface area (Å²) in [5.74, 6) is 0.572. The van der Waals surface area contributed by atoms with E-state index in [1.165, 1.54) is 5.57 Å². The first-order chi connectivity index (χ1) is 7.87. The molecule has 102 valence electrons. The standard InChI is InChI=1S/C12H25O3PS/c1-5-14-16(13,17)15-10-9-12(4)8-6-7-11(2)3/h7,12H,5-6,8-10H2,1-4H3,(H,13,17). The molecule has 0 aromatic heterocycles. The molecule has 0 aromatic carbocycles. The molecule has 2 atom stereocenters. The summed E-state index contributed by atoms with van der Waals surface area (Å²) >= 11 is 4.83. The summed E-state index contributed by atoms with van der Waals surface area (Å²) in [6.07, 6.45) is 5.39. The van der Waals surface area contributed by atoms with Crippen LogP contribution in [0.5, 0.6) is 0 Å². The van der Waals surface area contributed by atoms with Gasteiger partial charge >= 0.3 is 6.72 Å². The number of hydrogen-bond donors (Lipinski definition) is 1. The molecule has 0 aliphatic heterocycles. The number of rotatable bonds is 9. The Kier molecular flexibility index (Phi) is 9.38. The van der Waals surface area contributed by atoms with Crippen LogP contribution in [0.4, 0.5) is 0 Å². The predicted molar refractivity (Wildman–Crippen MR) is 76.5 cm³/mol. The Hall–Kier alpha value is 0.270. The lowest BCUT2D eigenvalue weighted by Crippen LogP contribution is -2.02. The zero-order valence-corrected chi connectivity index (χ0v) is 13.0. The number of hydrogen-bond acceptors (Lipinski definition) is 3. The summed E-state index contributed by atoms with van der Waals surface area (Å²) in [7, 11) is 0. The van der Waals surface area contributed by atoms with Crippen molar-refractivity contribution < 1.29 is 13.9 Å². The Morgan fingerprint density at radius 3 is 2.53 bits per heavy atom. The van der Waals surface area contributed by atoms with Crippen LogP contribution in [0.1, 0.15) is 47.0 Å². The second-order valence-electron chi connectivity index (χ2n) is 4.47. The van der Waals surface area contributed by atoms with Gasteiger partial charge in [0.05, 0.1) is 13.2 Å². The molecule has 5 heteroatoms. The van der Waals surface area contributed by atoms with Crippen molar-refractivity contribution in [2.45, 2.75) is 47.0 Å². The normalized spacial score (nSPS) is 16.3. The van der Waals surface area contributed by atoms with Crippen molar-refractivity contribution in [3.8, 4) is 0 Å². The van der Waals surface area contributed by atoms with Crippen LogP contribution in [-0.4, -0.2) is 18.1 Å². The first-order valence-electron chi connectivity index (χ1n) is 6.12. The quantitative estimate of drug-likeness (QED) is 0.511. The smallest absolute Gasteiger partial charge is 0.324 e. The van der Waals surface area contributed by atoms with Gasteiger partial charge in [-0.3, -0.25) is 0 Å². The third kappa shape index (κ3) is 11.1. The minimum absolute atomic E-state index is 0.393. The molecule has 0 fully saturated rings. The van der Waals surface area contributed by atoms with E-state index in [0.29, 0.717) is 19.1 Å². The fraction of sp³-hybridized carbons (Fsp3) is 0.833. The molecule has 0 aliphatic carbocycles. The summed E-state index contributed by atoms with van der Waals surface area (Å²) in [6.45, 7) is 6.10. The van der Waals surface area contributed by atoms with E-state index in [9.17, 15) is 4.89 Å². The fourth-order valence-corrected chi connectivity index (χ4v) is 2.65. The van der Waals surface area contributed by atoms with Crippen molar-refractivity contribution in [2.24, 2.45) is 5.92 Å². The van der Waals surface area contributed by atoms with Crippen LogP contribution in [-0.2, 0) is 20.9 Å². The molecule has 0 amide bonds. The highest BCUT2D eigenvalue weighted by Gasteiger charge is 2.14. The average Bonchev–Trinajstić information content (AvgIpc) is 2.16. The molecule has 17 heavy (non-hydrogen) atoms. The summed E-state index contributed by atoms with van der Waals surface area (Å²) in [5, 5.41) is 0. The largest absolute Gasteiger partial charge is 0.324 e. The van der Waals surface area contributed by atoms with Gasteiger partial charge in [-0.15, -0.1) is 0 Å². The van der Waals surface area contributed by atoms with Crippen LogP contribution in [0.3, 0.4) is 0 Å². The highest BCUT2D eigenvalue weighted by atomic mass is 32.5. The summed E-state index contributed by atoms with van der Waals surface area (Å²) in [4.78, 5) is 9.55. The van der Waals surface area contributed by atoms with Crippen molar-refractivity contribution in [1.82, 2.24) is 0 Å². The minimum atomic E-state index is -2.97. The highest BCUT2D eigenvalue weighted by Crippen LogP contribution is 2.43. The first-order valence-corrected chi connectivity index (χ1v) is 8.71. The Morgan fingerprint density at radius 1 is 1.35 bits per heavy atom. The molecule has 0 radical (unpaired) electrons. The van der Waals surface area contributed by atoms with E-state index >= 15 is 0 Å². The molecule has 0 heterocycles. The van der Waals surface area contributed by atoms with Gasteiger partial charge in [-0.05, 0) is 57.8 Å². The van der Waals surface area contributed by atoms with E-state index in [2.05, 4.69) is 26.8 Å². The molecule has 0 rings (SSSR count). The average molecular weight is 280 g/mol. The lowest BCUT2D eigenvalue weighted by Gasteiger charge is -2.16. The van der Waals surface area contributed by atoms with Crippen molar-refractivity contribution in [3.63, 3.8) is 0 Å². The minimum Gasteiger partial charge on any atom is -0.324 e. The molecule has 3 nitrogen and oxygen atoms in total. The van der Waals surface area contributed by atoms with E-state index in [1.807, 2.05) is 0 Å². The fourth-order valence-electron chi connectivity index (χ4n) is 1.37. The van der Waals surface area contributed by atoms with Gasteiger partial charge < -0.3 is 13.9 Å². The van der Waals surface area contributed by atoms with E-state index in [1.54, 1.807) is 6.92 Å². The SMILES string of the molecule is CCOP(O)(=S)OCCC(C)CCC=C(C)C. The van der Waals surface area contributed by atoms with Crippen LogP contribution in [0.2, 0.25) is 0 Å². The zero-order chi connectivity index (χ0) is 13.3. The lowest BCUT2D eigenvalue weighted by molar-refractivity contribution is 0.193. The van der Waals surface area contributed by atoms with Gasteiger partial charge in [0.1, 0.15) is 0 Å². The lowest BCUT2D eigenvalue weighted by atomic mass is 10.0.